The van der Waals surface area contributed by atoms with E-state index >= 15 is 0 Å². The maximum absolute atomic E-state index is 5.32. The number of hydrogen-bond acceptors (Lipinski definition) is 4. The molecule has 0 saturated heterocycles. The Balaban J connectivity index is 0.00000261. The van der Waals surface area contributed by atoms with Gasteiger partial charge in [-0.2, -0.15) is 5.10 Å². The van der Waals surface area contributed by atoms with E-state index in [1.807, 2.05) is 12.1 Å². The maximum Gasteiger partial charge on any atom is 0.216 e. The first-order chi connectivity index (χ1) is 12.8. The van der Waals surface area contributed by atoms with Gasteiger partial charge in [0.15, 0.2) is 11.7 Å². The van der Waals surface area contributed by atoms with Crippen LogP contribution in [0, 0.1) is 5.92 Å². The van der Waals surface area contributed by atoms with Crippen molar-refractivity contribution in [3.05, 3.63) is 24.2 Å². The minimum Gasteiger partial charge on any atom is -0.461 e. The van der Waals surface area contributed by atoms with Crippen LogP contribution in [-0.2, 0) is 6.42 Å². The molecule has 27 heavy (non-hydrogen) atoms. The van der Waals surface area contributed by atoms with Crippen LogP contribution in [0.3, 0.4) is 0 Å². The summed E-state index contributed by atoms with van der Waals surface area (Å²) < 4.78 is 5.32. The third kappa shape index (κ3) is 6.51. The predicted molar refractivity (Wildman–Crippen MR) is 118 cm³/mol. The van der Waals surface area contributed by atoms with E-state index in [9.17, 15) is 0 Å². The van der Waals surface area contributed by atoms with Crippen molar-refractivity contribution in [2.45, 2.75) is 58.4 Å². The normalized spacial score (nSPS) is 20.1. The molecular formula is C19H31IN6O. The zero-order valence-electron chi connectivity index (χ0n) is 16.2. The Kier molecular flexibility index (Phi) is 9.09. The summed E-state index contributed by atoms with van der Waals surface area (Å²) in [5.41, 5.74) is 0. The molecule has 0 aliphatic heterocycles. The van der Waals surface area contributed by atoms with Crippen molar-refractivity contribution in [3.8, 4) is 11.6 Å². The van der Waals surface area contributed by atoms with Crippen molar-refractivity contribution in [2.24, 2.45) is 10.9 Å². The quantitative estimate of drug-likeness (QED) is 0.315. The Bertz CT molecular complexity index is 684. The molecule has 2 aromatic rings. The average Bonchev–Trinajstić information content (AvgIpc) is 3.33. The summed E-state index contributed by atoms with van der Waals surface area (Å²) >= 11 is 0. The highest BCUT2D eigenvalue weighted by Gasteiger charge is 2.21. The van der Waals surface area contributed by atoms with Crippen LogP contribution in [0.15, 0.2) is 27.8 Å². The summed E-state index contributed by atoms with van der Waals surface area (Å²) in [5.74, 6) is 3.83. The number of aromatic nitrogens is 3. The number of aromatic amines is 1. The molecule has 8 heteroatoms. The molecule has 3 N–H and O–H groups in total. The lowest BCUT2D eigenvalue weighted by molar-refractivity contribution is 0.298. The van der Waals surface area contributed by atoms with Crippen molar-refractivity contribution >= 4 is 29.9 Å². The molecule has 0 radical (unpaired) electrons. The van der Waals surface area contributed by atoms with Crippen LogP contribution in [-0.4, -0.2) is 40.3 Å². The van der Waals surface area contributed by atoms with Gasteiger partial charge < -0.3 is 15.1 Å². The van der Waals surface area contributed by atoms with Crippen LogP contribution in [0.2, 0.25) is 0 Å². The fourth-order valence-electron chi connectivity index (χ4n) is 3.50. The number of furan rings is 1. The van der Waals surface area contributed by atoms with E-state index in [-0.39, 0.29) is 24.0 Å². The Morgan fingerprint density at radius 3 is 3.00 bits per heavy atom. The van der Waals surface area contributed by atoms with Gasteiger partial charge in [0.1, 0.15) is 5.82 Å². The summed E-state index contributed by atoms with van der Waals surface area (Å²) in [7, 11) is 0. The Morgan fingerprint density at radius 2 is 2.26 bits per heavy atom. The molecule has 0 spiro atoms. The number of guanidine groups is 1. The molecule has 0 amide bonds. The van der Waals surface area contributed by atoms with Crippen LogP contribution in [0.1, 0.15) is 51.8 Å². The van der Waals surface area contributed by atoms with E-state index in [4.69, 9.17) is 9.41 Å². The molecule has 2 aromatic heterocycles. The summed E-state index contributed by atoms with van der Waals surface area (Å²) in [6.45, 7) is 5.91. The molecule has 3 rings (SSSR count). The van der Waals surface area contributed by atoms with Crippen LogP contribution < -0.4 is 10.6 Å². The third-order valence-corrected chi connectivity index (χ3v) is 4.94. The number of halogens is 1. The molecule has 0 bridgehead atoms. The Labute approximate surface area is 178 Å². The monoisotopic (exact) mass is 486 g/mol. The fourth-order valence-corrected chi connectivity index (χ4v) is 3.50. The summed E-state index contributed by atoms with van der Waals surface area (Å²) in [4.78, 5) is 9.17. The standard InChI is InChI=1S/C19H30N6O.HI/c1-3-14-7-5-8-15(13-14)22-19(20-4-2)21-11-10-17-23-18(25-24-17)16-9-6-12-26-16;/h6,9,12,14-15H,3-5,7-8,10-11,13H2,1-2H3,(H2,20,21,22)(H,23,24,25);1H. The van der Waals surface area contributed by atoms with Gasteiger partial charge >= 0.3 is 0 Å². The number of aliphatic imine (C=N–C) groups is 1. The molecule has 1 aliphatic carbocycles. The van der Waals surface area contributed by atoms with Crippen LogP contribution in [0.25, 0.3) is 11.6 Å². The number of rotatable bonds is 7. The lowest BCUT2D eigenvalue weighted by Crippen LogP contribution is -2.45. The van der Waals surface area contributed by atoms with Gasteiger partial charge in [-0.25, -0.2) is 4.98 Å². The highest BCUT2D eigenvalue weighted by Crippen LogP contribution is 2.26. The van der Waals surface area contributed by atoms with E-state index in [2.05, 4.69) is 39.7 Å². The van der Waals surface area contributed by atoms with Crippen molar-refractivity contribution in [2.75, 3.05) is 13.1 Å². The average molecular weight is 486 g/mol. The number of H-pyrrole nitrogens is 1. The highest BCUT2D eigenvalue weighted by molar-refractivity contribution is 14.0. The van der Waals surface area contributed by atoms with E-state index in [0.29, 0.717) is 30.6 Å². The van der Waals surface area contributed by atoms with E-state index < -0.39 is 0 Å². The largest absolute Gasteiger partial charge is 0.461 e. The summed E-state index contributed by atoms with van der Waals surface area (Å²) in [6.07, 6.45) is 8.76. The topological polar surface area (TPSA) is 91.1 Å². The zero-order chi connectivity index (χ0) is 18.2. The van der Waals surface area contributed by atoms with Gasteiger partial charge in [-0.15, -0.1) is 24.0 Å². The van der Waals surface area contributed by atoms with E-state index in [1.54, 1.807) is 6.26 Å². The van der Waals surface area contributed by atoms with Gasteiger partial charge in [0.2, 0.25) is 5.82 Å². The minimum atomic E-state index is 0. The first-order valence-corrected chi connectivity index (χ1v) is 9.78. The lowest BCUT2D eigenvalue weighted by atomic mass is 9.84. The smallest absolute Gasteiger partial charge is 0.216 e. The molecule has 150 valence electrons. The number of nitrogens with one attached hydrogen (secondary N) is 3. The zero-order valence-corrected chi connectivity index (χ0v) is 18.5. The van der Waals surface area contributed by atoms with Gasteiger partial charge in [-0.05, 0) is 37.8 Å². The molecule has 0 aromatic carbocycles. The minimum absolute atomic E-state index is 0. The van der Waals surface area contributed by atoms with Gasteiger partial charge in [0.25, 0.3) is 0 Å². The second kappa shape index (κ2) is 11.3. The summed E-state index contributed by atoms with van der Waals surface area (Å²) in [5, 5.41) is 14.1. The van der Waals surface area contributed by atoms with Crippen molar-refractivity contribution < 1.29 is 4.42 Å². The molecule has 7 nitrogen and oxygen atoms in total. The molecule has 2 heterocycles. The molecule has 1 fully saturated rings. The van der Waals surface area contributed by atoms with Crippen molar-refractivity contribution in [1.29, 1.82) is 0 Å². The van der Waals surface area contributed by atoms with Crippen molar-refractivity contribution in [3.63, 3.8) is 0 Å². The first kappa shape index (κ1) is 21.7. The molecule has 1 aliphatic rings. The van der Waals surface area contributed by atoms with Crippen LogP contribution in [0.5, 0.6) is 0 Å². The van der Waals surface area contributed by atoms with Gasteiger partial charge in [-0.1, -0.05) is 26.2 Å². The predicted octanol–water partition coefficient (Wildman–Crippen LogP) is 3.75. The number of nitrogens with zero attached hydrogens (tertiary/aromatic N) is 3. The van der Waals surface area contributed by atoms with Crippen LogP contribution >= 0.6 is 24.0 Å². The van der Waals surface area contributed by atoms with E-state index in [0.717, 1.165) is 24.2 Å². The van der Waals surface area contributed by atoms with Crippen molar-refractivity contribution in [1.82, 2.24) is 25.8 Å². The van der Waals surface area contributed by atoms with Gasteiger partial charge in [0.05, 0.1) is 6.26 Å². The fraction of sp³-hybridized carbons (Fsp3) is 0.632. The first-order valence-electron chi connectivity index (χ1n) is 9.78. The molecule has 1 saturated carbocycles. The SMILES string of the molecule is CCNC(=NCCc1nc(-c2ccco2)n[nH]1)NC1CCCC(CC)C1.I. The second-order valence-corrected chi connectivity index (χ2v) is 6.88. The maximum atomic E-state index is 5.32. The molecular weight excluding hydrogens is 455 g/mol. The molecule has 2 atom stereocenters. The third-order valence-electron chi connectivity index (χ3n) is 4.94. The number of hydrogen-bond donors (Lipinski definition) is 3. The van der Waals surface area contributed by atoms with Gasteiger partial charge in [-0.3, -0.25) is 10.1 Å². The lowest BCUT2D eigenvalue weighted by Gasteiger charge is -2.30. The Hall–Kier alpha value is -1.58. The van der Waals surface area contributed by atoms with Gasteiger partial charge in [0, 0.05) is 25.6 Å². The Morgan fingerprint density at radius 1 is 1.37 bits per heavy atom. The highest BCUT2D eigenvalue weighted by atomic mass is 127. The van der Waals surface area contributed by atoms with E-state index in [1.165, 1.54) is 32.1 Å². The molecule has 2 unspecified atom stereocenters. The second-order valence-electron chi connectivity index (χ2n) is 6.88. The van der Waals surface area contributed by atoms with Crippen LogP contribution in [0.4, 0.5) is 0 Å². The summed E-state index contributed by atoms with van der Waals surface area (Å²) in [6, 6.07) is 4.21.